The molecule has 0 saturated carbocycles. The van der Waals surface area contributed by atoms with Crippen LogP contribution in [-0.4, -0.2) is 33.9 Å². The average Bonchev–Trinajstić information content (AvgIpc) is 2.80. The van der Waals surface area contributed by atoms with Gasteiger partial charge in [0.15, 0.2) is 0 Å². The summed E-state index contributed by atoms with van der Waals surface area (Å²) in [5.41, 5.74) is 3.53. The number of aryl methyl sites for hydroxylation is 3. The van der Waals surface area contributed by atoms with Crippen LogP contribution in [0.15, 0.2) is 65.6 Å². The molecule has 0 aromatic heterocycles. The number of nitrogens with one attached hydrogen (secondary N) is 1. The Morgan fingerprint density at radius 3 is 2.24 bits per heavy atom. The maximum Gasteiger partial charge on any atom is 0.339 e. The van der Waals surface area contributed by atoms with Gasteiger partial charge in [0.25, 0.3) is 10.0 Å². The third-order valence-corrected chi connectivity index (χ3v) is 7.45. The summed E-state index contributed by atoms with van der Waals surface area (Å²) in [6.07, 6.45) is 0. The number of methoxy groups -OCH3 is 1. The SMILES string of the molecule is COC(=O)c1cc(NC(=O)CN(c2ccc(C)c(C)c2)S(=O)(=O)c2ccc(C)cc2)ccc1Cl. The van der Waals surface area contributed by atoms with Crippen LogP contribution in [0.1, 0.15) is 27.0 Å². The van der Waals surface area contributed by atoms with Crippen LogP contribution in [0.5, 0.6) is 0 Å². The molecule has 0 bridgehead atoms. The predicted molar refractivity (Wildman–Crippen MR) is 133 cm³/mol. The lowest BCUT2D eigenvalue weighted by Crippen LogP contribution is -2.38. The molecule has 1 N–H and O–H groups in total. The largest absolute Gasteiger partial charge is 0.465 e. The van der Waals surface area contributed by atoms with E-state index in [9.17, 15) is 18.0 Å². The van der Waals surface area contributed by atoms with Crippen molar-refractivity contribution in [3.63, 3.8) is 0 Å². The summed E-state index contributed by atoms with van der Waals surface area (Å²) >= 11 is 6.04. The summed E-state index contributed by atoms with van der Waals surface area (Å²) in [5, 5.41) is 2.81. The number of benzene rings is 3. The van der Waals surface area contributed by atoms with Gasteiger partial charge in [0.2, 0.25) is 5.91 Å². The zero-order valence-corrected chi connectivity index (χ0v) is 20.8. The highest BCUT2D eigenvalue weighted by Crippen LogP contribution is 2.27. The predicted octanol–water partition coefficient (Wildman–Crippen LogP) is 4.89. The van der Waals surface area contributed by atoms with E-state index in [-0.39, 0.29) is 21.2 Å². The zero-order chi connectivity index (χ0) is 25.0. The number of carbonyl (C=O) groups excluding carboxylic acids is 2. The highest BCUT2D eigenvalue weighted by molar-refractivity contribution is 7.92. The molecule has 0 atom stereocenters. The molecule has 0 radical (unpaired) electrons. The Hall–Kier alpha value is -3.36. The molecule has 3 rings (SSSR count). The molecule has 7 nitrogen and oxygen atoms in total. The number of anilines is 2. The van der Waals surface area contributed by atoms with Gasteiger partial charge in [-0.15, -0.1) is 0 Å². The Kier molecular flexibility index (Phi) is 7.64. The van der Waals surface area contributed by atoms with Crippen molar-refractivity contribution in [2.24, 2.45) is 0 Å². The van der Waals surface area contributed by atoms with Gasteiger partial charge in [-0.25, -0.2) is 13.2 Å². The first-order valence-corrected chi connectivity index (χ1v) is 12.2. The van der Waals surface area contributed by atoms with E-state index in [4.69, 9.17) is 16.3 Å². The molecule has 9 heteroatoms. The van der Waals surface area contributed by atoms with E-state index < -0.39 is 28.4 Å². The smallest absolute Gasteiger partial charge is 0.339 e. The summed E-state index contributed by atoms with van der Waals surface area (Å²) in [5.74, 6) is -1.24. The lowest BCUT2D eigenvalue weighted by Gasteiger charge is -2.25. The van der Waals surface area contributed by atoms with Crippen LogP contribution in [0.25, 0.3) is 0 Å². The molecule has 0 spiro atoms. The van der Waals surface area contributed by atoms with E-state index in [1.807, 2.05) is 26.8 Å². The number of nitrogens with zero attached hydrogens (tertiary/aromatic N) is 1. The van der Waals surface area contributed by atoms with Crippen molar-refractivity contribution >= 4 is 44.9 Å². The number of hydrogen-bond acceptors (Lipinski definition) is 5. The van der Waals surface area contributed by atoms with Gasteiger partial charge in [0.1, 0.15) is 6.54 Å². The van der Waals surface area contributed by atoms with Crippen molar-refractivity contribution in [2.75, 3.05) is 23.3 Å². The Bertz CT molecular complexity index is 1340. The van der Waals surface area contributed by atoms with Gasteiger partial charge in [-0.2, -0.15) is 0 Å². The van der Waals surface area contributed by atoms with Crippen LogP contribution >= 0.6 is 11.6 Å². The first kappa shape index (κ1) is 25.3. The number of esters is 1. The van der Waals surface area contributed by atoms with Crippen molar-refractivity contribution in [1.82, 2.24) is 0 Å². The second kappa shape index (κ2) is 10.3. The third-order valence-electron chi connectivity index (χ3n) is 5.33. The second-order valence-corrected chi connectivity index (χ2v) is 10.1. The quantitative estimate of drug-likeness (QED) is 0.466. The first-order valence-electron chi connectivity index (χ1n) is 10.4. The van der Waals surface area contributed by atoms with Crippen LogP contribution in [0.4, 0.5) is 11.4 Å². The minimum absolute atomic E-state index is 0.0728. The van der Waals surface area contributed by atoms with Crippen molar-refractivity contribution in [2.45, 2.75) is 25.7 Å². The Morgan fingerprint density at radius 1 is 0.941 bits per heavy atom. The number of amides is 1. The molecular weight excluding hydrogens is 476 g/mol. The second-order valence-electron chi connectivity index (χ2n) is 7.83. The highest BCUT2D eigenvalue weighted by atomic mass is 35.5. The van der Waals surface area contributed by atoms with Crippen molar-refractivity contribution < 1.29 is 22.7 Å². The minimum atomic E-state index is -4.04. The van der Waals surface area contributed by atoms with E-state index in [2.05, 4.69) is 5.32 Å². The molecule has 34 heavy (non-hydrogen) atoms. The molecule has 0 unspecified atom stereocenters. The number of halogens is 1. The number of sulfonamides is 1. The Labute approximate surface area is 204 Å². The molecule has 3 aromatic carbocycles. The molecule has 1 amide bonds. The zero-order valence-electron chi connectivity index (χ0n) is 19.3. The molecule has 0 aliphatic rings. The Balaban J connectivity index is 1.96. The monoisotopic (exact) mass is 500 g/mol. The first-order chi connectivity index (χ1) is 16.0. The van der Waals surface area contributed by atoms with E-state index in [1.54, 1.807) is 24.3 Å². The van der Waals surface area contributed by atoms with E-state index in [0.717, 1.165) is 21.0 Å². The number of carbonyl (C=O) groups is 2. The lowest BCUT2D eigenvalue weighted by atomic mass is 10.1. The molecular formula is C25H25ClN2O5S. The average molecular weight is 501 g/mol. The molecule has 0 heterocycles. The molecule has 178 valence electrons. The normalized spacial score (nSPS) is 11.1. The molecule has 0 saturated heterocycles. The summed E-state index contributed by atoms with van der Waals surface area (Å²) in [7, 11) is -2.82. The van der Waals surface area contributed by atoms with Crippen molar-refractivity contribution in [3.8, 4) is 0 Å². The van der Waals surface area contributed by atoms with Crippen molar-refractivity contribution in [1.29, 1.82) is 0 Å². The fraction of sp³-hybridized carbons (Fsp3) is 0.200. The van der Waals surface area contributed by atoms with Gasteiger partial charge in [-0.1, -0.05) is 35.4 Å². The molecule has 0 aliphatic carbocycles. The number of rotatable bonds is 7. The van der Waals surface area contributed by atoms with E-state index >= 15 is 0 Å². The van der Waals surface area contributed by atoms with E-state index in [0.29, 0.717) is 5.69 Å². The van der Waals surface area contributed by atoms with E-state index in [1.165, 1.54) is 37.4 Å². The van der Waals surface area contributed by atoms with Gasteiger partial charge in [-0.05, 0) is 74.4 Å². The topological polar surface area (TPSA) is 92.8 Å². The highest BCUT2D eigenvalue weighted by Gasteiger charge is 2.27. The Morgan fingerprint density at radius 2 is 1.62 bits per heavy atom. The standard InChI is InChI=1S/C25H25ClN2O5S/c1-16-5-10-21(11-6-16)34(31,32)28(20-9-7-17(2)18(3)13-20)15-24(29)27-19-8-12-23(26)22(14-19)25(30)33-4/h5-14H,15H2,1-4H3,(H,27,29). The maximum atomic E-state index is 13.5. The lowest BCUT2D eigenvalue weighted by molar-refractivity contribution is -0.114. The summed E-state index contributed by atoms with van der Waals surface area (Å²) in [6.45, 7) is 5.18. The van der Waals surface area contributed by atoms with Crippen molar-refractivity contribution in [3.05, 3.63) is 87.9 Å². The fourth-order valence-electron chi connectivity index (χ4n) is 3.23. The van der Waals surface area contributed by atoms with Gasteiger partial charge in [-0.3, -0.25) is 9.10 Å². The fourth-order valence-corrected chi connectivity index (χ4v) is 4.84. The summed E-state index contributed by atoms with van der Waals surface area (Å²) in [4.78, 5) is 24.9. The maximum absolute atomic E-state index is 13.5. The van der Waals surface area contributed by atoms with Crippen LogP contribution in [0.2, 0.25) is 5.02 Å². The van der Waals surface area contributed by atoms with Crippen LogP contribution in [0, 0.1) is 20.8 Å². The van der Waals surface area contributed by atoms with Crippen LogP contribution in [-0.2, 0) is 19.6 Å². The minimum Gasteiger partial charge on any atom is -0.465 e. The molecule has 3 aromatic rings. The third kappa shape index (κ3) is 5.58. The summed E-state index contributed by atoms with van der Waals surface area (Å²) < 4.78 is 32.8. The van der Waals surface area contributed by atoms with Gasteiger partial charge < -0.3 is 10.1 Å². The van der Waals surface area contributed by atoms with Gasteiger partial charge in [0.05, 0.1) is 28.3 Å². The van der Waals surface area contributed by atoms with Gasteiger partial charge in [0, 0.05) is 5.69 Å². The number of hydrogen-bond donors (Lipinski definition) is 1. The molecule has 0 fully saturated rings. The van der Waals surface area contributed by atoms with Gasteiger partial charge >= 0.3 is 5.97 Å². The summed E-state index contributed by atoms with van der Waals surface area (Å²) in [6, 6.07) is 16.0. The van der Waals surface area contributed by atoms with Crippen LogP contribution < -0.4 is 9.62 Å². The van der Waals surface area contributed by atoms with Crippen LogP contribution in [0.3, 0.4) is 0 Å². The number of ether oxygens (including phenoxy) is 1. The molecule has 0 aliphatic heterocycles.